The van der Waals surface area contributed by atoms with E-state index in [0.29, 0.717) is 0 Å². The van der Waals surface area contributed by atoms with Crippen molar-refractivity contribution >= 4 is 17.5 Å². The van der Waals surface area contributed by atoms with E-state index in [1.165, 1.54) is 17.3 Å². The van der Waals surface area contributed by atoms with Gasteiger partial charge in [-0.05, 0) is 30.9 Å². The number of aryl methyl sites for hydroxylation is 1. The predicted octanol–water partition coefficient (Wildman–Crippen LogP) is 3.35. The number of fused-ring (bicyclic) bond motifs is 1. The van der Waals surface area contributed by atoms with Gasteiger partial charge in [-0.15, -0.1) is 0 Å². The fraction of sp³-hybridized carbons (Fsp3) is 0.429. The molecule has 1 N–H and O–H groups in total. The minimum atomic E-state index is 0.791. The predicted molar refractivity (Wildman–Crippen MR) is 77.9 cm³/mol. The SMILES string of the molecule is CCCNc1nsnc1-c1cccc2c1OCCC2. The summed E-state index contributed by atoms with van der Waals surface area (Å²) in [5, 5.41) is 3.33. The Bertz CT molecular complexity index is 568. The second kappa shape index (κ2) is 5.57. The number of ether oxygens (including phenoxy) is 1. The summed E-state index contributed by atoms with van der Waals surface area (Å²) in [4.78, 5) is 0. The molecule has 0 saturated heterocycles. The molecule has 0 spiro atoms. The Kier molecular flexibility index (Phi) is 3.64. The van der Waals surface area contributed by atoms with Gasteiger partial charge >= 0.3 is 0 Å². The largest absolute Gasteiger partial charge is 0.493 e. The Labute approximate surface area is 117 Å². The van der Waals surface area contributed by atoms with Crippen LogP contribution < -0.4 is 10.1 Å². The Hall–Kier alpha value is -1.62. The molecule has 0 radical (unpaired) electrons. The zero-order chi connectivity index (χ0) is 13.1. The first-order valence-electron chi connectivity index (χ1n) is 6.71. The van der Waals surface area contributed by atoms with Crippen molar-refractivity contribution in [1.82, 2.24) is 8.75 Å². The zero-order valence-electron chi connectivity index (χ0n) is 11.0. The molecular formula is C14H17N3OS. The first kappa shape index (κ1) is 12.4. The monoisotopic (exact) mass is 275 g/mol. The van der Waals surface area contributed by atoms with E-state index in [4.69, 9.17) is 4.74 Å². The molecule has 0 aliphatic carbocycles. The lowest BCUT2D eigenvalue weighted by Crippen LogP contribution is -2.09. The van der Waals surface area contributed by atoms with Gasteiger partial charge in [0.2, 0.25) is 0 Å². The molecule has 5 heteroatoms. The van der Waals surface area contributed by atoms with Gasteiger partial charge < -0.3 is 10.1 Å². The second-order valence-corrected chi connectivity index (χ2v) is 5.16. The summed E-state index contributed by atoms with van der Waals surface area (Å²) < 4.78 is 14.6. The standard InChI is InChI=1S/C14H17N3OS/c1-2-8-15-14-12(16-19-17-14)11-7-3-5-10-6-4-9-18-13(10)11/h3,5,7H,2,4,6,8-9H2,1H3,(H,15,17). The van der Waals surface area contributed by atoms with Crippen molar-refractivity contribution in [3.05, 3.63) is 23.8 Å². The fourth-order valence-electron chi connectivity index (χ4n) is 2.30. The molecule has 0 fully saturated rings. The van der Waals surface area contributed by atoms with Gasteiger partial charge in [0.15, 0.2) is 5.82 Å². The Balaban J connectivity index is 2.00. The Morgan fingerprint density at radius 1 is 1.37 bits per heavy atom. The van der Waals surface area contributed by atoms with Crippen molar-refractivity contribution in [3.8, 4) is 17.0 Å². The average molecular weight is 275 g/mol. The molecule has 0 amide bonds. The van der Waals surface area contributed by atoms with E-state index >= 15 is 0 Å². The molecular weight excluding hydrogens is 258 g/mol. The number of hydrogen-bond acceptors (Lipinski definition) is 5. The summed E-state index contributed by atoms with van der Waals surface area (Å²) in [6.45, 7) is 3.84. The smallest absolute Gasteiger partial charge is 0.168 e. The van der Waals surface area contributed by atoms with Gasteiger partial charge in [-0.3, -0.25) is 0 Å². The Morgan fingerprint density at radius 3 is 3.21 bits per heavy atom. The first-order chi connectivity index (χ1) is 9.40. The van der Waals surface area contributed by atoms with E-state index in [-0.39, 0.29) is 0 Å². The summed E-state index contributed by atoms with van der Waals surface area (Å²) in [7, 11) is 0. The van der Waals surface area contributed by atoms with Crippen LogP contribution in [0.2, 0.25) is 0 Å². The van der Waals surface area contributed by atoms with E-state index in [9.17, 15) is 0 Å². The van der Waals surface area contributed by atoms with Gasteiger partial charge in [-0.1, -0.05) is 19.1 Å². The lowest BCUT2D eigenvalue weighted by molar-refractivity contribution is 0.289. The number of para-hydroxylation sites is 1. The van der Waals surface area contributed by atoms with Crippen molar-refractivity contribution in [1.29, 1.82) is 0 Å². The summed E-state index contributed by atoms with van der Waals surface area (Å²) in [5.41, 5.74) is 3.25. The number of nitrogens with zero attached hydrogens (tertiary/aromatic N) is 2. The Morgan fingerprint density at radius 2 is 2.32 bits per heavy atom. The van der Waals surface area contributed by atoms with Gasteiger partial charge in [0.25, 0.3) is 0 Å². The molecule has 3 rings (SSSR count). The van der Waals surface area contributed by atoms with Crippen LogP contribution in [0.5, 0.6) is 5.75 Å². The van der Waals surface area contributed by atoms with Crippen LogP contribution in [-0.4, -0.2) is 21.9 Å². The number of anilines is 1. The molecule has 100 valence electrons. The summed E-state index contributed by atoms with van der Waals surface area (Å²) >= 11 is 1.24. The van der Waals surface area contributed by atoms with Crippen LogP contribution in [0.1, 0.15) is 25.3 Å². The van der Waals surface area contributed by atoms with Gasteiger partial charge in [0.1, 0.15) is 11.4 Å². The molecule has 19 heavy (non-hydrogen) atoms. The number of nitrogens with one attached hydrogen (secondary N) is 1. The molecule has 0 atom stereocenters. The van der Waals surface area contributed by atoms with Crippen LogP contribution in [0.4, 0.5) is 5.82 Å². The number of rotatable bonds is 4. The van der Waals surface area contributed by atoms with E-state index in [1.54, 1.807) is 0 Å². The quantitative estimate of drug-likeness (QED) is 0.929. The van der Waals surface area contributed by atoms with Gasteiger partial charge in [0, 0.05) is 12.1 Å². The lowest BCUT2D eigenvalue weighted by Gasteiger charge is -2.19. The third-order valence-electron chi connectivity index (χ3n) is 3.22. The molecule has 1 aromatic heterocycles. The van der Waals surface area contributed by atoms with E-state index in [2.05, 4.69) is 39.2 Å². The molecule has 0 bridgehead atoms. The maximum absolute atomic E-state index is 5.85. The molecule has 2 heterocycles. The van der Waals surface area contributed by atoms with Crippen molar-refractivity contribution < 1.29 is 4.74 Å². The van der Waals surface area contributed by atoms with Crippen molar-refractivity contribution in [2.75, 3.05) is 18.5 Å². The van der Waals surface area contributed by atoms with E-state index in [0.717, 1.165) is 55.2 Å². The maximum Gasteiger partial charge on any atom is 0.168 e. The topological polar surface area (TPSA) is 47.0 Å². The van der Waals surface area contributed by atoms with E-state index in [1.807, 2.05) is 0 Å². The summed E-state index contributed by atoms with van der Waals surface area (Å²) in [5.74, 6) is 1.86. The first-order valence-corrected chi connectivity index (χ1v) is 7.44. The van der Waals surface area contributed by atoms with Crippen LogP contribution in [0.25, 0.3) is 11.3 Å². The number of aromatic nitrogens is 2. The molecule has 4 nitrogen and oxygen atoms in total. The highest BCUT2D eigenvalue weighted by molar-refractivity contribution is 6.99. The summed E-state index contributed by atoms with van der Waals surface area (Å²) in [6, 6.07) is 6.28. The van der Waals surface area contributed by atoms with Crippen LogP contribution in [0, 0.1) is 0 Å². The molecule has 2 aromatic rings. The van der Waals surface area contributed by atoms with Gasteiger partial charge in [-0.2, -0.15) is 8.75 Å². The number of hydrogen-bond donors (Lipinski definition) is 1. The van der Waals surface area contributed by atoms with Gasteiger partial charge in [0.05, 0.1) is 18.3 Å². The highest BCUT2D eigenvalue weighted by Gasteiger charge is 2.19. The highest BCUT2D eigenvalue weighted by Crippen LogP contribution is 2.38. The minimum Gasteiger partial charge on any atom is -0.493 e. The molecule has 1 aliphatic rings. The summed E-state index contributed by atoms with van der Waals surface area (Å²) in [6.07, 6.45) is 3.24. The van der Waals surface area contributed by atoms with Crippen molar-refractivity contribution in [2.24, 2.45) is 0 Å². The van der Waals surface area contributed by atoms with Crippen LogP contribution in [-0.2, 0) is 6.42 Å². The van der Waals surface area contributed by atoms with Crippen LogP contribution >= 0.6 is 11.7 Å². The van der Waals surface area contributed by atoms with Crippen LogP contribution in [0.15, 0.2) is 18.2 Å². The van der Waals surface area contributed by atoms with E-state index < -0.39 is 0 Å². The molecule has 1 aliphatic heterocycles. The molecule has 0 unspecified atom stereocenters. The minimum absolute atomic E-state index is 0.791. The fourth-order valence-corrected chi connectivity index (χ4v) is 2.84. The lowest BCUT2D eigenvalue weighted by atomic mass is 10.0. The second-order valence-electron chi connectivity index (χ2n) is 4.63. The van der Waals surface area contributed by atoms with Crippen LogP contribution in [0.3, 0.4) is 0 Å². The average Bonchev–Trinajstić information content (AvgIpc) is 2.92. The van der Waals surface area contributed by atoms with Crippen molar-refractivity contribution in [3.63, 3.8) is 0 Å². The van der Waals surface area contributed by atoms with Crippen molar-refractivity contribution in [2.45, 2.75) is 26.2 Å². The highest BCUT2D eigenvalue weighted by atomic mass is 32.1. The maximum atomic E-state index is 5.85. The third-order valence-corrected chi connectivity index (χ3v) is 3.75. The zero-order valence-corrected chi connectivity index (χ0v) is 11.8. The molecule has 0 saturated carbocycles. The third kappa shape index (κ3) is 2.42. The number of benzene rings is 1. The van der Waals surface area contributed by atoms with Gasteiger partial charge in [-0.25, -0.2) is 0 Å². The molecule has 1 aromatic carbocycles. The normalized spacial score (nSPS) is 13.7.